The first kappa shape index (κ1) is 24.7. The van der Waals surface area contributed by atoms with Gasteiger partial charge in [-0.05, 0) is 56.6 Å². The zero-order valence-electron chi connectivity index (χ0n) is 25.1. The summed E-state index contributed by atoms with van der Waals surface area (Å²) in [5.41, 5.74) is 17.4. The third kappa shape index (κ3) is 3.02. The summed E-state index contributed by atoms with van der Waals surface area (Å²) in [6.07, 6.45) is 0. The highest BCUT2D eigenvalue weighted by atomic mass is 15.0. The second-order valence-electron chi connectivity index (χ2n) is 13.3. The quantitative estimate of drug-likeness (QED) is 0.201. The number of rotatable bonds is 2. The van der Waals surface area contributed by atoms with Crippen molar-refractivity contribution in [3.05, 3.63) is 150 Å². The van der Waals surface area contributed by atoms with Crippen molar-refractivity contribution < 1.29 is 0 Å². The molecule has 0 amide bonds. The lowest BCUT2D eigenvalue weighted by Crippen LogP contribution is -2.19. The van der Waals surface area contributed by atoms with Crippen molar-refractivity contribution in [2.45, 2.75) is 38.5 Å². The molecule has 0 spiro atoms. The van der Waals surface area contributed by atoms with Crippen LogP contribution in [0.15, 0.2) is 127 Å². The van der Waals surface area contributed by atoms with Gasteiger partial charge in [0.15, 0.2) is 0 Å². The second-order valence-corrected chi connectivity index (χ2v) is 13.3. The first-order valence-electron chi connectivity index (χ1n) is 15.4. The van der Waals surface area contributed by atoms with Crippen LogP contribution in [0.5, 0.6) is 0 Å². The van der Waals surface area contributed by atoms with Crippen molar-refractivity contribution in [3.63, 3.8) is 0 Å². The Hall–Kier alpha value is -4.88. The van der Waals surface area contributed by atoms with Gasteiger partial charge in [-0.25, -0.2) is 0 Å². The fourth-order valence-electron chi connectivity index (χ4n) is 8.55. The SMILES string of the molecule is CC1(C)c2ccccc2-c2c1c1c(c3c4ccccc4n(-c4ccccc4-c4ccccc4)c23)C(C)(C)c2ccccc2-1. The smallest absolute Gasteiger partial charge is 0.0626 e. The number of aromatic nitrogens is 1. The molecule has 0 unspecified atom stereocenters. The molecular weight excluding hydrogens is 518 g/mol. The molecule has 206 valence electrons. The average Bonchev–Trinajstić information content (AvgIpc) is 3.59. The standard InChI is InChI=1S/C42H33N/c1-41(2)31-22-12-8-19-28(31)35-38-36(29-20-9-13-23-32(29)42(38,3)4)40-37(39(35)41)30-21-11-15-25-34(30)43(40)33-24-14-10-18-27(33)26-16-6-5-7-17-26/h5-25H,1-4H3. The third-order valence-corrected chi connectivity index (χ3v) is 10.3. The number of fused-ring (bicyclic) bond motifs is 12. The molecule has 0 bridgehead atoms. The highest BCUT2D eigenvalue weighted by Gasteiger charge is 2.47. The van der Waals surface area contributed by atoms with E-state index < -0.39 is 0 Å². The average molecular weight is 552 g/mol. The molecule has 0 saturated carbocycles. The Kier molecular flexibility index (Phi) is 4.80. The van der Waals surface area contributed by atoms with Crippen LogP contribution in [0.3, 0.4) is 0 Å². The molecule has 0 fully saturated rings. The van der Waals surface area contributed by atoms with Crippen LogP contribution >= 0.6 is 0 Å². The molecule has 0 aliphatic heterocycles. The largest absolute Gasteiger partial charge is 0.308 e. The van der Waals surface area contributed by atoms with Crippen LogP contribution in [0.25, 0.3) is 60.9 Å². The normalized spacial score (nSPS) is 15.3. The van der Waals surface area contributed by atoms with Gasteiger partial charge in [0.2, 0.25) is 0 Å². The van der Waals surface area contributed by atoms with Gasteiger partial charge < -0.3 is 4.57 Å². The van der Waals surface area contributed by atoms with Crippen LogP contribution in [0.1, 0.15) is 49.9 Å². The van der Waals surface area contributed by atoms with Gasteiger partial charge in [-0.2, -0.15) is 0 Å². The maximum Gasteiger partial charge on any atom is 0.0626 e. The first-order valence-corrected chi connectivity index (χ1v) is 15.4. The molecule has 2 aliphatic rings. The summed E-state index contributed by atoms with van der Waals surface area (Å²) in [6.45, 7) is 9.73. The molecule has 1 heterocycles. The van der Waals surface area contributed by atoms with Gasteiger partial charge in [0, 0.05) is 32.7 Å². The maximum absolute atomic E-state index is 2.59. The number of hydrogen-bond donors (Lipinski definition) is 0. The van der Waals surface area contributed by atoms with E-state index in [1.54, 1.807) is 0 Å². The van der Waals surface area contributed by atoms with E-state index in [1.165, 1.54) is 83.1 Å². The van der Waals surface area contributed by atoms with E-state index >= 15 is 0 Å². The molecule has 1 heteroatoms. The minimum Gasteiger partial charge on any atom is -0.308 e. The lowest BCUT2D eigenvalue weighted by molar-refractivity contribution is 0.651. The van der Waals surface area contributed by atoms with Gasteiger partial charge in [0.05, 0.1) is 16.7 Å². The number of hydrogen-bond acceptors (Lipinski definition) is 0. The molecule has 1 aromatic heterocycles. The van der Waals surface area contributed by atoms with E-state index in [0.29, 0.717) is 0 Å². The van der Waals surface area contributed by atoms with E-state index in [4.69, 9.17) is 0 Å². The van der Waals surface area contributed by atoms with Crippen molar-refractivity contribution >= 4 is 21.8 Å². The molecule has 0 saturated heterocycles. The summed E-state index contributed by atoms with van der Waals surface area (Å²) in [5, 5.41) is 2.71. The summed E-state index contributed by atoms with van der Waals surface area (Å²) in [6, 6.07) is 47.1. The monoisotopic (exact) mass is 551 g/mol. The van der Waals surface area contributed by atoms with Crippen molar-refractivity contribution in [2.24, 2.45) is 0 Å². The van der Waals surface area contributed by atoms with Crippen LogP contribution in [0.4, 0.5) is 0 Å². The zero-order valence-corrected chi connectivity index (χ0v) is 25.1. The van der Waals surface area contributed by atoms with Crippen LogP contribution in [0, 0.1) is 0 Å². The topological polar surface area (TPSA) is 4.93 Å². The Balaban J connectivity index is 1.58. The van der Waals surface area contributed by atoms with Gasteiger partial charge >= 0.3 is 0 Å². The Morgan fingerprint density at radius 2 is 1.00 bits per heavy atom. The Morgan fingerprint density at radius 1 is 0.465 bits per heavy atom. The lowest BCUT2D eigenvalue weighted by atomic mass is 9.75. The predicted molar refractivity (Wildman–Crippen MR) is 181 cm³/mol. The molecule has 9 rings (SSSR count). The molecular formula is C42H33N. The molecule has 43 heavy (non-hydrogen) atoms. The van der Waals surface area contributed by atoms with Crippen molar-refractivity contribution in [3.8, 4) is 39.1 Å². The maximum atomic E-state index is 2.59. The molecule has 1 nitrogen and oxygen atoms in total. The van der Waals surface area contributed by atoms with Gasteiger partial charge in [0.1, 0.15) is 0 Å². The van der Waals surface area contributed by atoms with Crippen LogP contribution in [0.2, 0.25) is 0 Å². The van der Waals surface area contributed by atoms with Crippen LogP contribution in [-0.2, 0) is 10.8 Å². The van der Waals surface area contributed by atoms with Crippen LogP contribution in [-0.4, -0.2) is 4.57 Å². The lowest BCUT2D eigenvalue weighted by Gasteiger charge is -2.28. The summed E-state index contributed by atoms with van der Waals surface area (Å²) in [5.74, 6) is 0. The Labute approximate surface area is 253 Å². The Morgan fingerprint density at radius 3 is 1.72 bits per heavy atom. The fourth-order valence-corrected chi connectivity index (χ4v) is 8.55. The van der Waals surface area contributed by atoms with E-state index in [1.807, 2.05) is 0 Å². The fraction of sp³-hybridized carbons (Fsp3) is 0.143. The van der Waals surface area contributed by atoms with Gasteiger partial charge in [-0.1, -0.05) is 143 Å². The van der Waals surface area contributed by atoms with Crippen molar-refractivity contribution in [1.82, 2.24) is 4.57 Å². The van der Waals surface area contributed by atoms with E-state index in [0.717, 1.165) is 0 Å². The van der Waals surface area contributed by atoms with Crippen LogP contribution < -0.4 is 0 Å². The van der Waals surface area contributed by atoms with E-state index in [9.17, 15) is 0 Å². The summed E-state index contributed by atoms with van der Waals surface area (Å²) in [4.78, 5) is 0. The molecule has 6 aromatic carbocycles. The molecule has 0 N–H and O–H groups in total. The number of benzene rings is 6. The highest BCUT2D eigenvalue weighted by molar-refractivity contribution is 6.21. The van der Waals surface area contributed by atoms with Gasteiger partial charge in [0.25, 0.3) is 0 Å². The minimum atomic E-state index is -0.141. The summed E-state index contributed by atoms with van der Waals surface area (Å²) >= 11 is 0. The summed E-state index contributed by atoms with van der Waals surface area (Å²) in [7, 11) is 0. The summed E-state index contributed by atoms with van der Waals surface area (Å²) < 4.78 is 2.59. The number of para-hydroxylation sites is 2. The highest BCUT2D eigenvalue weighted by Crippen LogP contribution is 2.63. The molecule has 2 aliphatic carbocycles. The molecule has 0 radical (unpaired) electrons. The Bertz CT molecular complexity index is 2280. The molecule has 0 atom stereocenters. The first-order chi connectivity index (χ1) is 20.9. The van der Waals surface area contributed by atoms with Crippen molar-refractivity contribution in [1.29, 1.82) is 0 Å². The molecule has 7 aromatic rings. The van der Waals surface area contributed by atoms with Gasteiger partial charge in [-0.15, -0.1) is 0 Å². The minimum absolute atomic E-state index is 0.141. The number of nitrogens with zero attached hydrogens (tertiary/aromatic N) is 1. The third-order valence-electron chi connectivity index (χ3n) is 10.3. The van der Waals surface area contributed by atoms with E-state index in [2.05, 4.69) is 160 Å². The van der Waals surface area contributed by atoms with E-state index in [-0.39, 0.29) is 10.8 Å². The predicted octanol–water partition coefficient (Wildman–Crippen LogP) is 11.1. The second kappa shape index (κ2) is 8.36. The van der Waals surface area contributed by atoms with Gasteiger partial charge in [-0.3, -0.25) is 0 Å². The van der Waals surface area contributed by atoms with Crippen molar-refractivity contribution in [2.75, 3.05) is 0 Å². The zero-order chi connectivity index (χ0) is 29.1.